The summed E-state index contributed by atoms with van der Waals surface area (Å²) in [4.78, 5) is 4.55. The predicted octanol–water partition coefficient (Wildman–Crippen LogP) is 3.19. The van der Waals surface area contributed by atoms with Crippen molar-refractivity contribution in [3.05, 3.63) is 71.9 Å². The molecule has 21 heavy (non-hydrogen) atoms. The fourth-order valence-electron chi connectivity index (χ4n) is 2.40. The fourth-order valence-corrected chi connectivity index (χ4v) is 2.40. The van der Waals surface area contributed by atoms with Crippen molar-refractivity contribution < 1.29 is 4.39 Å². The molecule has 108 valence electrons. The van der Waals surface area contributed by atoms with Gasteiger partial charge in [0.05, 0.1) is 5.69 Å². The molecule has 0 aliphatic rings. The molecule has 3 rings (SSSR count). The molecule has 2 aromatic heterocycles. The van der Waals surface area contributed by atoms with E-state index in [4.69, 9.17) is 0 Å². The molecule has 0 fully saturated rings. The van der Waals surface area contributed by atoms with Crippen LogP contribution in [0.3, 0.4) is 0 Å². The van der Waals surface area contributed by atoms with Crippen LogP contribution in [0.4, 0.5) is 4.39 Å². The Bertz CT molecular complexity index is 685. The van der Waals surface area contributed by atoms with Gasteiger partial charge in [-0.3, -0.25) is 0 Å². The Morgan fingerprint density at radius 2 is 2.00 bits per heavy atom. The zero-order chi connectivity index (χ0) is 14.7. The number of nitrogens with zero attached hydrogens (tertiary/aromatic N) is 2. The van der Waals surface area contributed by atoms with Gasteiger partial charge in [-0.15, -0.1) is 0 Å². The summed E-state index contributed by atoms with van der Waals surface area (Å²) in [6.45, 7) is 2.85. The van der Waals surface area contributed by atoms with Crippen molar-refractivity contribution in [1.82, 2.24) is 14.7 Å². The molecular formula is C17H18FN3. The summed E-state index contributed by atoms with van der Waals surface area (Å²) in [5.74, 6) is -0.191. The molecule has 0 spiro atoms. The molecule has 4 heteroatoms. The van der Waals surface area contributed by atoms with Crippen LogP contribution in [0.15, 0.2) is 54.9 Å². The van der Waals surface area contributed by atoms with E-state index in [0.717, 1.165) is 29.9 Å². The van der Waals surface area contributed by atoms with E-state index in [1.165, 1.54) is 12.1 Å². The first-order valence-electron chi connectivity index (χ1n) is 7.11. The molecule has 0 saturated heterocycles. The highest BCUT2D eigenvalue weighted by molar-refractivity contribution is 5.39. The quantitative estimate of drug-likeness (QED) is 0.779. The van der Waals surface area contributed by atoms with Crippen molar-refractivity contribution in [2.75, 3.05) is 0 Å². The lowest BCUT2D eigenvalue weighted by molar-refractivity contribution is 0.540. The Labute approximate surface area is 123 Å². The molecule has 1 N–H and O–H groups in total. The summed E-state index contributed by atoms with van der Waals surface area (Å²) in [5.41, 5.74) is 3.11. The van der Waals surface area contributed by atoms with Gasteiger partial charge in [0.25, 0.3) is 0 Å². The Morgan fingerprint density at radius 1 is 1.19 bits per heavy atom. The summed E-state index contributed by atoms with van der Waals surface area (Å²) in [5, 5.41) is 3.45. The van der Waals surface area contributed by atoms with E-state index >= 15 is 0 Å². The molecular weight excluding hydrogens is 265 g/mol. The largest absolute Gasteiger partial charge is 0.308 e. The highest BCUT2D eigenvalue weighted by atomic mass is 19.1. The predicted molar refractivity (Wildman–Crippen MR) is 81.6 cm³/mol. The van der Waals surface area contributed by atoms with E-state index in [9.17, 15) is 4.39 Å². The standard InChI is InChI=1S/C17H18FN3/c1-13(10-14-5-7-15(18)8-6-14)19-11-16-12-21-9-3-2-4-17(21)20-16/h2-9,12-13,19H,10-11H2,1H3. The second-order valence-electron chi connectivity index (χ2n) is 5.31. The molecule has 1 aromatic carbocycles. The highest BCUT2D eigenvalue weighted by Crippen LogP contribution is 2.07. The molecule has 0 saturated carbocycles. The number of imidazole rings is 1. The Hall–Kier alpha value is -2.20. The Kier molecular flexibility index (Phi) is 3.97. The van der Waals surface area contributed by atoms with Gasteiger partial charge in [-0.2, -0.15) is 0 Å². The maximum atomic E-state index is 12.9. The van der Waals surface area contributed by atoms with Gasteiger partial charge < -0.3 is 9.72 Å². The second-order valence-corrected chi connectivity index (χ2v) is 5.31. The third kappa shape index (κ3) is 3.47. The Balaban J connectivity index is 1.57. The number of pyridine rings is 1. The molecule has 0 aliphatic heterocycles. The average molecular weight is 283 g/mol. The van der Waals surface area contributed by atoms with Gasteiger partial charge in [0.2, 0.25) is 0 Å². The fraction of sp³-hybridized carbons (Fsp3) is 0.235. The summed E-state index contributed by atoms with van der Waals surface area (Å²) in [6.07, 6.45) is 4.90. The second kappa shape index (κ2) is 6.06. The SMILES string of the molecule is CC(Cc1ccc(F)cc1)NCc1cn2ccccc2n1. The number of benzene rings is 1. The summed E-state index contributed by atoms with van der Waals surface area (Å²) < 4.78 is 14.9. The van der Waals surface area contributed by atoms with Crippen molar-refractivity contribution in [1.29, 1.82) is 0 Å². The first-order chi connectivity index (χ1) is 10.2. The molecule has 2 heterocycles. The van der Waals surface area contributed by atoms with Crippen molar-refractivity contribution in [2.24, 2.45) is 0 Å². The first-order valence-corrected chi connectivity index (χ1v) is 7.11. The molecule has 0 amide bonds. The third-order valence-electron chi connectivity index (χ3n) is 3.50. The van der Waals surface area contributed by atoms with Crippen LogP contribution < -0.4 is 5.32 Å². The monoisotopic (exact) mass is 283 g/mol. The lowest BCUT2D eigenvalue weighted by Crippen LogP contribution is -2.27. The van der Waals surface area contributed by atoms with Gasteiger partial charge in [0, 0.05) is 25.0 Å². The number of hydrogen-bond donors (Lipinski definition) is 1. The van der Waals surface area contributed by atoms with Crippen LogP contribution >= 0.6 is 0 Å². The van der Waals surface area contributed by atoms with Crippen LogP contribution in [0, 0.1) is 5.82 Å². The first kappa shape index (κ1) is 13.8. The molecule has 1 atom stereocenters. The lowest BCUT2D eigenvalue weighted by Gasteiger charge is -2.12. The summed E-state index contributed by atoms with van der Waals surface area (Å²) in [7, 11) is 0. The van der Waals surface area contributed by atoms with Crippen molar-refractivity contribution >= 4 is 5.65 Å². The zero-order valence-electron chi connectivity index (χ0n) is 12.0. The number of rotatable bonds is 5. The molecule has 1 unspecified atom stereocenters. The van der Waals surface area contributed by atoms with Crippen molar-refractivity contribution in [2.45, 2.75) is 25.9 Å². The van der Waals surface area contributed by atoms with E-state index in [1.54, 1.807) is 0 Å². The van der Waals surface area contributed by atoms with Gasteiger partial charge in [-0.1, -0.05) is 18.2 Å². The number of nitrogens with one attached hydrogen (secondary N) is 1. The van der Waals surface area contributed by atoms with Gasteiger partial charge in [0.15, 0.2) is 0 Å². The average Bonchev–Trinajstić information content (AvgIpc) is 2.90. The normalized spacial score (nSPS) is 12.7. The van der Waals surface area contributed by atoms with E-state index < -0.39 is 0 Å². The van der Waals surface area contributed by atoms with Gasteiger partial charge in [0.1, 0.15) is 11.5 Å². The number of fused-ring (bicyclic) bond motifs is 1. The van der Waals surface area contributed by atoms with Crippen molar-refractivity contribution in [3.8, 4) is 0 Å². The maximum Gasteiger partial charge on any atom is 0.137 e. The number of hydrogen-bond acceptors (Lipinski definition) is 2. The minimum atomic E-state index is -0.191. The number of aromatic nitrogens is 2. The lowest BCUT2D eigenvalue weighted by atomic mass is 10.1. The van der Waals surface area contributed by atoms with Crippen molar-refractivity contribution in [3.63, 3.8) is 0 Å². The summed E-state index contributed by atoms with van der Waals surface area (Å²) >= 11 is 0. The summed E-state index contributed by atoms with van der Waals surface area (Å²) in [6, 6.07) is 12.9. The molecule has 0 aliphatic carbocycles. The maximum absolute atomic E-state index is 12.9. The van der Waals surface area contributed by atoms with E-state index in [0.29, 0.717) is 6.04 Å². The Morgan fingerprint density at radius 3 is 2.76 bits per heavy atom. The minimum Gasteiger partial charge on any atom is -0.308 e. The van der Waals surface area contributed by atoms with Crippen LogP contribution in [0.2, 0.25) is 0 Å². The van der Waals surface area contributed by atoms with Crippen LogP contribution in [0.1, 0.15) is 18.2 Å². The molecule has 3 nitrogen and oxygen atoms in total. The van der Waals surface area contributed by atoms with Gasteiger partial charge in [-0.25, -0.2) is 9.37 Å². The van der Waals surface area contributed by atoms with Crippen LogP contribution in [-0.4, -0.2) is 15.4 Å². The third-order valence-corrected chi connectivity index (χ3v) is 3.50. The molecule has 3 aromatic rings. The van der Waals surface area contributed by atoms with E-state index in [2.05, 4.69) is 17.2 Å². The smallest absolute Gasteiger partial charge is 0.137 e. The van der Waals surface area contributed by atoms with Crippen LogP contribution in [0.25, 0.3) is 5.65 Å². The van der Waals surface area contributed by atoms with E-state index in [1.807, 2.05) is 47.1 Å². The van der Waals surface area contributed by atoms with Gasteiger partial charge >= 0.3 is 0 Å². The van der Waals surface area contributed by atoms with Crippen LogP contribution in [0.5, 0.6) is 0 Å². The van der Waals surface area contributed by atoms with Gasteiger partial charge in [-0.05, 0) is 43.2 Å². The topological polar surface area (TPSA) is 29.3 Å². The van der Waals surface area contributed by atoms with E-state index in [-0.39, 0.29) is 5.82 Å². The highest BCUT2D eigenvalue weighted by Gasteiger charge is 2.06. The molecule has 0 bridgehead atoms. The molecule has 0 radical (unpaired) electrons. The van der Waals surface area contributed by atoms with Crippen LogP contribution in [-0.2, 0) is 13.0 Å². The zero-order valence-corrected chi connectivity index (χ0v) is 12.0. The number of halogens is 1. The minimum absolute atomic E-state index is 0.191.